The van der Waals surface area contributed by atoms with Crippen LogP contribution in [0.5, 0.6) is 5.75 Å². The maximum atomic E-state index is 12.6. The lowest BCUT2D eigenvalue weighted by Gasteiger charge is -2.06. The van der Waals surface area contributed by atoms with Gasteiger partial charge in [-0.15, -0.1) is 0 Å². The van der Waals surface area contributed by atoms with Gasteiger partial charge in [-0.2, -0.15) is 5.10 Å². The summed E-state index contributed by atoms with van der Waals surface area (Å²) in [6.45, 7) is 0. The molecule has 0 fully saturated rings. The zero-order valence-corrected chi connectivity index (χ0v) is 17.7. The maximum absolute atomic E-state index is 12.6. The predicted molar refractivity (Wildman–Crippen MR) is 125 cm³/mol. The number of carbonyl (C=O) groups excluding carboxylic acids is 1. The molecule has 158 valence electrons. The van der Waals surface area contributed by atoms with Crippen LogP contribution in [0.2, 0.25) is 0 Å². The smallest absolute Gasteiger partial charge is 0.291 e. The van der Waals surface area contributed by atoms with Gasteiger partial charge in [-0.05, 0) is 65.7 Å². The SMILES string of the molecule is COc1ccc(-c2ccc(C(=O)Nc3ccc(-c4ccc5cnn(C)c5c4)cc3)o2)cc1. The molecule has 0 aliphatic rings. The maximum Gasteiger partial charge on any atom is 0.291 e. The summed E-state index contributed by atoms with van der Waals surface area (Å²) in [6.07, 6.45) is 1.85. The first-order chi connectivity index (χ1) is 15.6. The second-order valence-corrected chi connectivity index (χ2v) is 7.47. The molecule has 0 unspecified atom stereocenters. The third-order valence-electron chi connectivity index (χ3n) is 5.43. The van der Waals surface area contributed by atoms with Crippen molar-refractivity contribution in [1.29, 1.82) is 0 Å². The first kappa shape index (κ1) is 19.6. The molecule has 0 bridgehead atoms. The average Bonchev–Trinajstić information content (AvgIpc) is 3.47. The Morgan fingerprint density at radius 3 is 2.38 bits per heavy atom. The number of benzene rings is 3. The Bertz CT molecular complexity index is 1400. The van der Waals surface area contributed by atoms with Crippen LogP contribution in [0.15, 0.2) is 89.5 Å². The Balaban J connectivity index is 1.30. The number of ether oxygens (including phenoxy) is 1. The molecule has 1 amide bonds. The molecule has 32 heavy (non-hydrogen) atoms. The van der Waals surface area contributed by atoms with E-state index in [0.717, 1.165) is 33.3 Å². The highest BCUT2D eigenvalue weighted by atomic mass is 16.5. The molecule has 2 aromatic heterocycles. The van der Waals surface area contributed by atoms with Crippen LogP contribution in [0.3, 0.4) is 0 Å². The van der Waals surface area contributed by atoms with E-state index in [1.165, 1.54) is 0 Å². The third-order valence-corrected chi connectivity index (χ3v) is 5.43. The lowest BCUT2D eigenvalue weighted by molar-refractivity contribution is 0.0997. The molecule has 5 aromatic rings. The van der Waals surface area contributed by atoms with Crippen molar-refractivity contribution < 1.29 is 13.9 Å². The number of anilines is 1. The topological polar surface area (TPSA) is 69.3 Å². The second kappa shape index (κ2) is 8.07. The van der Waals surface area contributed by atoms with Gasteiger partial charge in [0.1, 0.15) is 11.5 Å². The zero-order chi connectivity index (χ0) is 22.1. The largest absolute Gasteiger partial charge is 0.497 e. The van der Waals surface area contributed by atoms with Crippen molar-refractivity contribution >= 4 is 22.5 Å². The van der Waals surface area contributed by atoms with E-state index < -0.39 is 0 Å². The highest BCUT2D eigenvalue weighted by Gasteiger charge is 2.13. The number of fused-ring (bicyclic) bond motifs is 1. The molecule has 5 rings (SSSR count). The molecule has 6 nitrogen and oxygen atoms in total. The van der Waals surface area contributed by atoms with Gasteiger partial charge >= 0.3 is 0 Å². The van der Waals surface area contributed by atoms with Gasteiger partial charge in [-0.1, -0.05) is 24.3 Å². The molecule has 0 aliphatic carbocycles. The van der Waals surface area contributed by atoms with E-state index in [4.69, 9.17) is 9.15 Å². The van der Waals surface area contributed by atoms with Crippen molar-refractivity contribution in [2.24, 2.45) is 7.05 Å². The van der Waals surface area contributed by atoms with Crippen molar-refractivity contribution in [3.63, 3.8) is 0 Å². The number of methoxy groups -OCH3 is 1. The highest BCUT2D eigenvalue weighted by molar-refractivity contribution is 6.02. The van der Waals surface area contributed by atoms with Crippen LogP contribution in [-0.4, -0.2) is 22.8 Å². The fraction of sp³-hybridized carbons (Fsp3) is 0.0769. The lowest BCUT2D eigenvalue weighted by atomic mass is 10.0. The first-order valence-electron chi connectivity index (χ1n) is 10.2. The van der Waals surface area contributed by atoms with Crippen molar-refractivity contribution in [3.05, 3.63) is 90.8 Å². The normalized spacial score (nSPS) is 10.9. The van der Waals surface area contributed by atoms with E-state index in [9.17, 15) is 4.79 Å². The van der Waals surface area contributed by atoms with Gasteiger partial charge in [0.15, 0.2) is 5.76 Å². The zero-order valence-electron chi connectivity index (χ0n) is 17.7. The number of nitrogens with zero attached hydrogens (tertiary/aromatic N) is 2. The molecule has 0 saturated carbocycles. The third kappa shape index (κ3) is 3.74. The second-order valence-electron chi connectivity index (χ2n) is 7.47. The van der Waals surface area contributed by atoms with E-state index in [2.05, 4.69) is 28.6 Å². The Kier molecular flexibility index (Phi) is 4.95. The van der Waals surface area contributed by atoms with Crippen molar-refractivity contribution in [2.45, 2.75) is 0 Å². The predicted octanol–water partition coefficient (Wildman–Crippen LogP) is 5.76. The summed E-state index contributed by atoms with van der Waals surface area (Å²) in [5, 5.41) is 8.28. The van der Waals surface area contributed by atoms with Gasteiger partial charge in [0.2, 0.25) is 0 Å². The van der Waals surface area contributed by atoms with Crippen molar-refractivity contribution in [1.82, 2.24) is 9.78 Å². The van der Waals surface area contributed by atoms with Crippen molar-refractivity contribution in [2.75, 3.05) is 12.4 Å². The number of carbonyl (C=O) groups is 1. The Labute approximate surface area is 185 Å². The number of furan rings is 1. The molecule has 0 spiro atoms. The van der Waals surface area contributed by atoms with Crippen LogP contribution in [0.4, 0.5) is 5.69 Å². The van der Waals surface area contributed by atoms with Crippen LogP contribution < -0.4 is 10.1 Å². The van der Waals surface area contributed by atoms with E-state index in [0.29, 0.717) is 11.4 Å². The number of amides is 1. The minimum absolute atomic E-state index is 0.251. The molecule has 0 radical (unpaired) electrons. The summed E-state index contributed by atoms with van der Waals surface area (Å²) >= 11 is 0. The summed E-state index contributed by atoms with van der Waals surface area (Å²) in [4.78, 5) is 12.6. The fourth-order valence-corrected chi connectivity index (χ4v) is 3.63. The summed E-state index contributed by atoms with van der Waals surface area (Å²) < 4.78 is 12.8. The van der Waals surface area contributed by atoms with E-state index in [1.807, 2.05) is 66.5 Å². The van der Waals surface area contributed by atoms with Crippen molar-refractivity contribution in [3.8, 4) is 28.2 Å². The summed E-state index contributed by atoms with van der Waals surface area (Å²) in [6, 6.07) is 24.9. The Morgan fingerprint density at radius 1 is 0.906 bits per heavy atom. The first-order valence-corrected chi connectivity index (χ1v) is 10.2. The average molecular weight is 423 g/mol. The number of aryl methyl sites for hydroxylation is 1. The molecule has 0 atom stereocenters. The van der Waals surface area contributed by atoms with Gasteiger partial charge in [0.25, 0.3) is 5.91 Å². The number of hydrogen-bond acceptors (Lipinski definition) is 4. The van der Waals surface area contributed by atoms with Gasteiger partial charge in [-0.25, -0.2) is 0 Å². The molecule has 3 aromatic carbocycles. The van der Waals surface area contributed by atoms with E-state index in [1.54, 1.807) is 19.2 Å². The lowest BCUT2D eigenvalue weighted by Crippen LogP contribution is -2.10. The molecule has 0 aliphatic heterocycles. The fourth-order valence-electron chi connectivity index (χ4n) is 3.63. The summed E-state index contributed by atoms with van der Waals surface area (Å²) in [5.41, 5.74) is 4.80. The molecular weight excluding hydrogens is 402 g/mol. The van der Waals surface area contributed by atoms with Gasteiger partial charge in [0.05, 0.1) is 18.8 Å². The Morgan fingerprint density at radius 2 is 1.62 bits per heavy atom. The number of rotatable bonds is 5. The van der Waals surface area contributed by atoms with Gasteiger partial charge < -0.3 is 14.5 Å². The van der Waals surface area contributed by atoms with Crippen LogP contribution in [-0.2, 0) is 7.05 Å². The number of aromatic nitrogens is 2. The monoisotopic (exact) mass is 423 g/mol. The minimum atomic E-state index is -0.297. The van der Waals surface area contributed by atoms with Crippen LogP contribution in [0.1, 0.15) is 10.6 Å². The van der Waals surface area contributed by atoms with E-state index in [-0.39, 0.29) is 11.7 Å². The van der Waals surface area contributed by atoms with Crippen LogP contribution >= 0.6 is 0 Å². The number of hydrogen-bond donors (Lipinski definition) is 1. The minimum Gasteiger partial charge on any atom is -0.497 e. The summed E-state index contributed by atoms with van der Waals surface area (Å²) in [5.74, 6) is 1.34. The van der Waals surface area contributed by atoms with E-state index >= 15 is 0 Å². The quantitative estimate of drug-likeness (QED) is 0.390. The highest BCUT2D eigenvalue weighted by Crippen LogP contribution is 2.27. The number of nitrogens with one attached hydrogen (secondary N) is 1. The summed E-state index contributed by atoms with van der Waals surface area (Å²) in [7, 11) is 3.55. The van der Waals surface area contributed by atoms with Crippen LogP contribution in [0.25, 0.3) is 33.4 Å². The molecular formula is C26H21N3O3. The molecule has 1 N–H and O–H groups in total. The van der Waals surface area contributed by atoms with Gasteiger partial charge in [0, 0.05) is 23.7 Å². The Hall–Kier alpha value is -4.32. The van der Waals surface area contributed by atoms with Crippen LogP contribution in [0, 0.1) is 0 Å². The van der Waals surface area contributed by atoms with Gasteiger partial charge in [-0.3, -0.25) is 9.48 Å². The molecule has 2 heterocycles. The molecule has 0 saturated heterocycles. The standard InChI is InChI=1S/C26H21N3O3/c1-29-23-15-19(3-4-20(23)16-27-29)17-5-9-21(10-6-17)28-26(30)25-14-13-24(32-25)18-7-11-22(31-2)12-8-18/h3-16H,1-2H3,(H,28,30). The molecule has 6 heteroatoms.